The Morgan fingerprint density at radius 1 is 1.07 bits per heavy atom. The lowest BCUT2D eigenvalue weighted by Crippen LogP contribution is -2.48. The van der Waals surface area contributed by atoms with Crippen molar-refractivity contribution in [3.63, 3.8) is 0 Å². The summed E-state index contributed by atoms with van der Waals surface area (Å²) in [5, 5.41) is 6.87. The molecule has 3 aromatic rings. The van der Waals surface area contributed by atoms with Crippen molar-refractivity contribution in [3.8, 4) is 0 Å². The molecule has 0 bridgehead atoms. The van der Waals surface area contributed by atoms with Crippen LogP contribution in [0.1, 0.15) is 30.4 Å². The average Bonchev–Trinajstić information content (AvgIpc) is 3.45. The molecule has 1 saturated carbocycles. The molecule has 0 aliphatic heterocycles. The number of benzene rings is 2. The highest BCUT2D eigenvalue weighted by Crippen LogP contribution is 2.21. The molecule has 150 valence electrons. The van der Waals surface area contributed by atoms with E-state index in [0.717, 1.165) is 29.3 Å². The van der Waals surface area contributed by atoms with Gasteiger partial charge in [-0.3, -0.25) is 9.59 Å². The van der Waals surface area contributed by atoms with Gasteiger partial charge in [-0.05, 0) is 42.5 Å². The first-order valence-corrected chi connectivity index (χ1v) is 9.98. The molecule has 0 saturated heterocycles. The lowest BCUT2D eigenvalue weighted by Gasteiger charge is -2.18. The van der Waals surface area contributed by atoms with E-state index >= 15 is 0 Å². The number of aromatic amines is 1. The van der Waals surface area contributed by atoms with E-state index in [9.17, 15) is 14.0 Å². The van der Waals surface area contributed by atoms with Gasteiger partial charge in [-0.1, -0.05) is 36.4 Å². The van der Waals surface area contributed by atoms with Crippen LogP contribution in [-0.2, 0) is 22.4 Å². The van der Waals surface area contributed by atoms with Crippen LogP contribution < -0.4 is 10.6 Å². The number of carbonyl (C=O) groups is 2. The van der Waals surface area contributed by atoms with Crippen LogP contribution in [0.5, 0.6) is 0 Å². The van der Waals surface area contributed by atoms with E-state index in [4.69, 9.17) is 0 Å². The van der Waals surface area contributed by atoms with Gasteiger partial charge in [0.15, 0.2) is 0 Å². The molecule has 1 aromatic heterocycles. The van der Waals surface area contributed by atoms with Crippen LogP contribution in [0.4, 0.5) is 4.39 Å². The number of fused-ring (bicyclic) bond motifs is 1. The van der Waals surface area contributed by atoms with Gasteiger partial charge in [0.25, 0.3) is 0 Å². The highest BCUT2D eigenvalue weighted by molar-refractivity contribution is 5.90. The molecule has 0 spiro atoms. The SMILES string of the molecule is O=C(CCc1ccccc1F)NC(Cc1c[nH]c2ccccc12)C(=O)NC1CC1. The second-order valence-corrected chi connectivity index (χ2v) is 7.56. The van der Waals surface area contributed by atoms with Crippen molar-refractivity contribution >= 4 is 22.7 Å². The molecule has 6 heteroatoms. The molecule has 2 amide bonds. The zero-order valence-corrected chi connectivity index (χ0v) is 16.1. The molecule has 4 rings (SSSR count). The van der Waals surface area contributed by atoms with Gasteiger partial charge in [0.05, 0.1) is 0 Å². The number of aromatic nitrogens is 1. The Labute approximate surface area is 168 Å². The summed E-state index contributed by atoms with van der Waals surface area (Å²) in [6, 6.07) is 13.9. The first kappa shape index (κ1) is 19.2. The standard InChI is InChI=1S/C23H24FN3O2/c24-19-7-3-1-5-15(19)9-12-22(28)27-21(23(29)26-17-10-11-17)13-16-14-25-20-8-4-2-6-18(16)20/h1-8,14,17,21,25H,9-13H2,(H,26,29)(H,27,28). The Hall–Kier alpha value is -3.15. The van der Waals surface area contributed by atoms with Crippen LogP contribution in [0.3, 0.4) is 0 Å². The molecular weight excluding hydrogens is 369 g/mol. The van der Waals surface area contributed by atoms with Crippen molar-refractivity contribution in [2.45, 2.75) is 44.2 Å². The molecule has 1 atom stereocenters. The third-order valence-corrected chi connectivity index (χ3v) is 5.25. The number of para-hydroxylation sites is 1. The topological polar surface area (TPSA) is 74.0 Å². The Bertz CT molecular complexity index is 1030. The normalized spacial score (nSPS) is 14.5. The molecular formula is C23H24FN3O2. The van der Waals surface area contributed by atoms with E-state index in [0.29, 0.717) is 18.4 Å². The predicted molar refractivity (Wildman–Crippen MR) is 110 cm³/mol. The van der Waals surface area contributed by atoms with Crippen molar-refractivity contribution in [2.24, 2.45) is 0 Å². The Morgan fingerprint density at radius 3 is 2.62 bits per heavy atom. The number of hydrogen-bond acceptors (Lipinski definition) is 2. The van der Waals surface area contributed by atoms with Crippen molar-refractivity contribution in [1.29, 1.82) is 0 Å². The fourth-order valence-corrected chi connectivity index (χ4v) is 3.47. The van der Waals surface area contributed by atoms with Crippen LogP contribution in [-0.4, -0.2) is 28.9 Å². The zero-order valence-electron chi connectivity index (χ0n) is 16.1. The van der Waals surface area contributed by atoms with Gasteiger partial charge in [-0.25, -0.2) is 4.39 Å². The van der Waals surface area contributed by atoms with Crippen LogP contribution in [0.25, 0.3) is 10.9 Å². The summed E-state index contributed by atoms with van der Waals surface area (Å²) in [6.07, 6.45) is 4.66. The van der Waals surface area contributed by atoms with Crippen molar-refractivity contribution in [1.82, 2.24) is 15.6 Å². The number of halogens is 1. The number of amides is 2. The van der Waals surface area contributed by atoms with Gasteiger partial charge in [0, 0.05) is 36.0 Å². The van der Waals surface area contributed by atoms with Crippen LogP contribution in [0.15, 0.2) is 54.7 Å². The van der Waals surface area contributed by atoms with E-state index in [2.05, 4.69) is 15.6 Å². The van der Waals surface area contributed by atoms with E-state index in [1.807, 2.05) is 30.5 Å². The number of carbonyl (C=O) groups excluding carboxylic acids is 2. The molecule has 1 aliphatic carbocycles. The summed E-state index contributed by atoms with van der Waals surface area (Å²) in [5.41, 5.74) is 2.47. The number of aryl methyl sites for hydroxylation is 1. The maximum absolute atomic E-state index is 13.8. The molecule has 1 aliphatic rings. The quantitative estimate of drug-likeness (QED) is 0.550. The van der Waals surface area contributed by atoms with Gasteiger partial charge >= 0.3 is 0 Å². The Morgan fingerprint density at radius 2 is 1.83 bits per heavy atom. The minimum atomic E-state index is -0.664. The summed E-state index contributed by atoms with van der Waals surface area (Å²) >= 11 is 0. The van der Waals surface area contributed by atoms with E-state index in [-0.39, 0.29) is 30.1 Å². The molecule has 29 heavy (non-hydrogen) atoms. The van der Waals surface area contributed by atoms with Gasteiger partial charge in [-0.15, -0.1) is 0 Å². The third kappa shape index (κ3) is 4.83. The number of H-pyrrole nitrogens is 1. The first-order chi connectivity index (χ1) is 14.1. The van der Waals surface area contributed by atoms with E-state index in [1.165, 1.54) is 6.07 Å². The molecule has 1 heterocycles. The Kier molecular flexibility index (Phi) is 5.60. The zero-order chi connectivity index (χ0) is 20.2. The maximum Gasteiger partial charge on any atom is 0.243 e. The maximum atomic E-state index is 13.8. The lowest BCUT2D eigenvalue weighted by molar-refractivity contribution is -0.129. The highest BCUT2D eigenvalue weighted by atomic mass is 19.1. The second-order valence-electron chi connectivity index (χ2n) is 7.56. The van der Waals surface area contributed by atoms with Gasteiger partial charge in [-0.2, -0.15) is 0 Å². The van der Waals surface area contributed by atoms with Crippen LogP contribution in [0, 0.1) is 5.82 Å². The molecule has 1 fully saturated rings. The number of rotatable bonds is 8. The minimum absolute atomic E-state index is 0.127. The summed E-state index contributed by atoms with van der Waals surface area (Å²) in [7, 11) is 0. The van der Waals surface area contributed by atoms with Crippen molar-refractivity contribution < 1.29 is 14.0 Å². The lowest BCUT2D eigenvalue weighted by atomic mass is 10.0. The Balaban J connectivity index is 1.44. The fraction of sp³-hybridized carbons (Fsp3) is 0.304. The van der Waals surface area contributed by atoms with Gasteiger partial charge < -0.3 is 15.6 Å². The highest BCUT2D eigenvalue weighted by Gasteiger charge is 2.29. The van der Waals surface area contributed by atoms with Crippen LogP contribution in [0.2, 0.25) is 0 Å². The third-order valence-electron chi connectivity index (χ3n) is 5.25. The van der Waals surface area contributed by atoms with E-state index < -0.39 is 6.04 Å². The predicted octanol–water partition coefficient (Wildman–Crippen LogP) is 3.25. The van der Waals surface area contributed by atoms with Crippen molar-refractivity contribution in [3.05, 3.63) is 71.7 Å². The monoisotopic (exact) mass is 393 g/mol. The fourth-order valence-electron chi connectivity index (χ4n) is 3.47. The van der Waals surface area contributed by atoms with E-state index in [1.54, 1.807) is 18.2 Å². The molecule has 3 N–H and O–H groups in total. The minimum Gasteiger partial charge on any atom is -0.361 e. The smallest absolute Gasteiger partial charge is 0.243 e. The summed E-state index contributed by atoms with van der Waals surface area (Å²) in [5.74, 6) is -0.747. The largest absolute Gasteiger partial charge is 0.361 e. The van der Waals surface area contributed by atoms with Gasteiger partial charge in [0.1, 0.15) is 11.9 Å². The second kappa shape index (κ2) is 8.47. The molecule has 1 unspecified atom stereocenters. The van der Waals surface area contributed by atoms with Gasteiger partial charge in [0.2, 0.25) is 11.8 Å². The average molecular weight is 393 g/mol. The number of nitrogens with one attached hydrogen (secondary N) is 3. The molecule has 2 aromatic carbocycles. The van der Waals surface area contributed by atoms with Crippen molar-refractivity contribution in [2.75, 3.05) is 0 Å². The first-order valence-electron chi connectivity index (χ1n) is 9.98. The molecule has 0 radical (unpaired) electrons. The summed E-state index contributed by atoms with van der Waals surface area (Å²) < 4.78 is 13.8. The summed E-state index contributed by atoms with van der Waals surface area (Å²) in [6.45, 7) is 0. The summed E-state index contributed by atoms with van der Waals surface area (Å²) in [4.78, 5) is 28.4. The van der Waals surface area contributed by atoms with Crippen LogP contribution >= 0.6 is 0 Å². The number of hydrogen-bond donors (Lipinski definition) is 3. The molecule has 5 nitrogen and oxygen atoms in total.